The topological polar surface area (TPSA) is 68.4 Å². The van der Waals surface area contributed by atoms with Crippen LogP contribution in [0.1, 0.15) is 10.5 Å². The number of carbonyl (C=O) groups excluding carboxylic acids is 1. The molecule has 20 heavy (non-hydrogen) atoms. The van der Waals surface area contributed by atoms with E-state index in [2.05, 4.69) is 10.3 Å². The fourth-order valence-corrected chi connectivity index (χ4v) is 1.94. The van der Waals surface area contributed by atoms with Gasteiger partial charge in [-0.3, -0.25) is 4.79 Å². The van der Waals surface area contributed by atoms with Crippen LogP contribution in [0.4, 0.5) is 11.4 Å². The van der Waals surface area contributed by atoms with Crippen LogP contribution < -0.4 is 10.2 Å². The van der Waals surface area contributed by atoms with Gasteiger partial charge in [-0.1, -0.05) is 11.6 Å². The van der Waals surface area contributed by atoms with Gasteiger partial charge in [0.1, 0.15) is 5.69 Å². The Morgan fingerprint density at radius 2 is 2.10 bits per heavy atom. The molecular weight excluding hydrogens is 278 g/mol. The maximum atomic E-state index is 11.9. The van der Waals surface area contributed by atoms with Crippen LogP contribution in [0.25, 0.3) is 0 Å². The van der Waals surface area contributed by atoms with Crippen molar-refractivity contribution in [3.63, 3.8) is 0 Å². The number of amides is 1. The summed E-state index contributed by atoms with van der Waals surface area (Å²) >= 11 is 5.76. The van der Waals surface area contributed by atoms with Gasteiger partial charge in [-0.05, 0) is 30.3 Å². The highest BCUT2D eigenvalue weighted by molar-refractivity contribution is 6.31. The molecule has 0 aliphatic carbocycles. The Bertz CT molecular complexity index is 580. The molecule has 1 aromatic heterocycles. The molecule has 0 aliphatic heterocycles. The molecule has 5 nitrogen and oxygen atoms in total. The molecule has 1 aromatic carbocycles. The second-order valence-electron chi connectivity index (χ2n) is 4.38. The number of hydrogen-bond acceptors (Lipinski definition) is 3. The quantitative estimate of drug-likeness (QED) is 0.792. The number of hydrogen-bond donors (Lipinski definition) is 3. The smallest absolute Gasteiger partial charge is 0.272 e. The van der Waals surface area contributed by atoms with E-state index in [0.29, 0.717) is 22.9 Å². The van der Waals surface area contributed by atoms with Gasteiger partial charge in [0.2, 0.25) is 0 Å². The summed E-state index contributed by atoms with van der Waals surface area (Å²) in [5.74, 6) is -0.242. The normalized spacial score (nSPS) is 10.3. The van der Waals surface area contributed by atoms with Crippen molar-refractivity contribution in [3.05, 3.63) is 47.2 Å². The van der Waals surface area contributed by atoms with E-state index in [9.17, 15) is 4.79 Å². The molecule has 0 unspecified atom stereocenters. The number of likely N-dealkylation sites (N-methyl/N-ethyl adjacent to an activating group) is 1. The molecule has 1 amide bonds. The largest absolute Gasteiger partial charge is 0.395 e. The van der Waals surface area contributed by atoms with E-state index in [4.69, 9.17) is 16.7 Å². The predicted octanol–water partition coefficient (Wildman–Crippen LogP) is 2.35. The average Bonchev–Trinajstić information content (AvgIpc) is 2.86. The zero-order chi connectivity index (χ0) is 14.5. The van der Waals surface area contributed by atoms with E-state index >= 15 is 0 Å². The Morgan fingerprint density at radius 1 is 1.40 bits per heavy atom. The molecule has 0 radical (unpaired) electrons. The van der Waals surface area contributed by atoms with Crippen molar-refractivity contribution in [2.45, 2.75) is 0 Å². The van der Waals surface area contributed by atoms with Gasteiger partial charge in [0.25, 0.3) is 5.91 Å². The Kier molecular flexibility index (Phi) is 4.65. The maximum Gasteiger partial charge on any atom is 0.272 e. The van der Waals surface area contributed by atoms with Crippen LogP contribution in [0.3, 0.4) is 0 Å². The number of anilines is 2. The molecule has 0 atom stereocenters. The average molecular weight is 294 g/mol. The minimum atomic E-state index is -0.242. The summed E-state index contributed by atoms with van der Waals surface area (Å²) < 4.78 is 0. The second kappa shape index (κ2) is 6.45. The van der Waals surface area contributed by atoms with Crippen LogP contribution in [0.2, 0.25) is 5.02 Å². The van der Waals surface area contributed by atoms with Gasteiger partial charge >= 0.3 is 0 Å². The zero-order valence-corrected chi connectivity index (χ0v) is 11.8. The second-order valence-corrected chi connectivity index (χ2v) is 4.81. The lowest BCUT2D eigenvalue weighted by atomic mass is 10.2. The maximum absolute atomic E-state index is 11.9. The van der Waals surface area contributed by atoms with Crippen molar-refractivity contribution in [3.8, 4) is 0 Å². The van der Waals surface area contributed by atoms with E-state index < -0.39 is 0 Å². The molecule has 0 fully saturated rings. The molecule has 1 heterocycles. The lowest BCUT2D eigenvalue weighted by Gasteiger charge is -2.18. The van der Waals surface area contributed by atoms with Gasteiger partial charge in [0.05, 0.1) is 11.6 Å². The molecule has 0 bridgehead atoms. The van der Waals surface area contributed by atoms with Crippen LogP contribution in [0.15, 0.2) is 36.5 Å². The molecule has 0 saturated heterocycles. The van der Waals surface area contributed by atoms with Gasteiger partial charge in [-0.2, -0.15) is 0 Å². The number of nitrogens with zero attached hydrogens (tertiary/aromatic N) is 1. The van der Waals surface area contributed by atoms with Gasteiger partial charge in [-0.15, -0.1) is 0 Å². The van der Waals surface area contributed by atoms with Crippen molar-refractivity contribution in [2.24, 2.45) is 0 Å². The summed E-state index contributed by atoms with van der Waals surface area (Å²) in [6.45, 7) is 0.662. The summed E-state index contributed by atoms with van der Waals surface area (Å²) in [5.41, 5.74) is 2.08. The van der Waals surface area contributed by atoms with Crippen molar-refractivity contribution < 1.29 is 9.90 Å². The highest BCUT2D eigenvalue weighted by atomic mass is 35.5. The summed E-state index contributed by atoms with van der Waals surface area (Å²) in [6, 6.07) is 8.96. The van der Waals surface area contributed by atoms with Crippen molar-refractivity contribution in [2.75, 3.05) is 30.4 Å². The summed E-state index contributed by atoms with van der Waals surface area (Å²) in [4.78, 5) is 16.6. The van der Waals surface area contributed by atoms with Gasteiger partial charge in [0, 0.05) is 31.2 Å². The molecule has 6 heteroatoms. The molecule has 0 saturated carbocycles. The van der Waals surface area contributed by atoms with Crippen molar-refractivity contribution in [1.82, 2.24) is 4.98 Å². The van der Waals surface area contributed by atoms with E-state index in [0.717, 1.165) is 5.69 Å². The number of aromatic nitrogens is 1. The van der Waals surface area contributed by atoms with Crippen LogP contribution in [0.5, 0.6) is 0 Å². The van der Waals surface area contributed by atoms with Gasteiger partial charge in [0.15, 0.2) is 0 Å². The first kappa shape index (κ1) is 14.4. The monoisotopic (exact) mass is 293 g/mol. The Balaban J connectivity index is 2.02. The molecule has 106 valence electrons. The highest BCUT2D eigenvalue weighted by Gasteiger charge is 2.08. The molecule has 2 rings (SSSR count). The Morgan fingerprint density at radius 3 is 2.65 bits per heavy atom. The number of benzene rings is 1. The number of H-pyrrole nitrogens is 1. The molecular formula is C14H16ClN3O2. The summed E-state index contributed by atoms with van der Waals surface area (Å²) in [5, 5.41) is 12.2. The molecule has 0 aliphatic rings. The third-order valence-electron chi connectivity index (χ3n) is 2.89. The number of aliphatic hydroxyl groups is 1. The first-order chi connectivity index (χ1) is 9.60. The van der Waals surface area contributed by atoms with E-state index in [1.807, 2.05) is 36.2 Å². The van der Waals surface area contributed by atoms with Crippen LogP contribution >= 0.6 is 11.6 Å². The van der Waals surface area contributed by atoms with Crippen LogP contribution in [-0.2, 0) is 0 Å². The molecule has 0 spiro atoms. The minimum absolute atomic E-state index is 0.0998. The highest BCUT2D eigenvalue weighted by Crippen LogP contribution is 2.17. The Hall–Kier alpha value is -1.98. The predicted molar refractivity (Wildman–Crippen MR) is 80.6 cm³/mol. The lowest BCUT2D eigenvalue weighted by Crippen LogP contribution is -2.21. The molecule has 3 N–H and O–H groups in total. The van der Waals surface area contributed by atoms with Crippen molar-refractivity contribution >= 4 is 28.9 Å². The SMILES string of the molecule is CN(CCO)c1ccc(NC(=O)c2cc(Cl)c[nH]2)cc1. The van der Waals surface area contributed by atoms with E-state index in [1.165, 1.54) is 0 Å². The van der Waals surface area contributed by atoms with Gasteiger partial charge < -0.3 is 20.3 Å². The zero-order valence-electron chi connectivity index (χ0n) is 11.1. The van der Waals surface area contributed by atoms with Gasteiger partial charge in [-0.25, -0.2) is 0 Å². The third-order valence-corrected chi connectivity index (χ3v) is 3.11. The standard InChI is InChI=1S/C14H16ClN3O2/c1-18(6-7-19)12-4-2-11(3-5-12)17-14(20)13-8-10(15)9-16-13/h2-5,8-9,16,19H,6-7H2,1H3,(H,17,20). The number of halogens is 1. The fraction of sp³-hybridized carbons (Fsp3) is 0.214. The van der Waals surface area contributed by atoms with Crippen LogP contribution in [0, 0.1) is 0 Å². The van der Waals surface area contributed by atoms with Crippen LogP contribution in [-0.4, -0.2) is 36.2 Å². The lowest BCUT2D eigenvalue weighted by molar-refractivity contribution is 0.102. The van der Waals surface area contributed by atoms with E-state index in [1.54, 1.807) is 12.3 Å². The fourth-order valence-electron chi connectivity index (χ4n) is 1.78. The number of rotatable bonds is 5. The Labute approximate surface area is 122 Å². The number of carbonyl (C=O) groups is 1. The van der Waals surface area contributed by atoms with Crippen molar-refractivity contribution in [1.29, 1.82) is 0 Å². The first-order valence-electron chi connectivity index (χ1n) is 6.17. The summed E-state index contributed by atoms with van der Waals surface area (Å²) in [6.07, 6.45) is 1.56. The summed E-state index contributed by atoms with van der Waals surface area (Å²) in [7, 11) is 1.89. The number of aliphatic hydroxyl groups excluding tert-OH is 1. The first-order valence-corrected chi connectivity index (χ1v) is 6.55. The number of nitrogens with one attached hydrogen (secondary N) is 2. The minimum Gasteiger partial charge on any atom is -0.395 e. The molecule has 2 aromatic rings. The number of aromatic amines is 1. The van der Waals surface area contributed by atoms with E-state index in [-0.39, 0.29) is 12.5 Å². The third kappa shape index (κ3) is 3.53.